The van der Waals surface area contributed by atoms with Crippen LogP contribution < -0.4 is 11.1 Å². The molecule has 2 aliphatic heterocycles. The Morgan fingerprint density at radius 3 is 2.66 bits per heavy atom. The molecule has 2 unspecified atom stereocenters. The predicted molar refractivity (Wildman–Crippen MR) is 165 cm³/mol. The van der Waals surface area contributed by atoms with E-state index in [2.05, 4.69) is 79.1 Å². The number of carbonyl (C=O) groups excluding carboxylic acids is 1. The van der Waals surface area contributed by atoms with E-state index in [9.17, 15) is 4.79 Å². The van der Waals surface area contributed by atoms with Crippen molar-refractivity contribution >= 4 is 23.0 Å². The Balaban J connectivity index is 1.21. The summed E-state index contributed by atoms with van der Waals surface area (Å²) in [7, 11) is 0. The van der Waals surface area contributed by atoms with Gasteiger partial charge in [-0.2, -0.15) is 0 Å². The fourth-order valence-corrected chi connectivity index (χ4v) is 6.41. The number of pyridine rings is 1. The average molecular weight is 550 g/mol. The van der Waals surface area contributed by atoms with Crippen molar-refractivity contribution in [2.75, 3.05) is 19.6 Å². The number of carbonyl (C=O) groups is 1. The minimum atomic E-state index is -0.260. The fourth-order valence-electron chi connectivity index (χ4n) is 6.41. The van der Waals surface area contributed by atoms with Gasteiger partial charge in [0.15, 0.2) is 0 Å². The van der Waals surface area contributed by atoms with E-state index in [1.165, 1.54) is 22.2 Å². The number of nitrogens with zero attached hydrogens (tertiary/aromatic N) is 4. The number of para-hydroxylation sites is 1. The van der Waals surface area contributed by atoms with Gasteiger partial charge in [-0.3, -0.25) is 14.8 Å². The molecule has 4 aromatic rings. The number of likely N-dealkylation sites (tertiary alicyclic amines) is 1. The number of nitrogens with one attached hydrogen (secondary N) is 2. The van der Waals surface area contributed by atoms with Gasteiger partial charge < -0.3 is 25.5 Å². The summed E-state index contributed by atoms with van der Waals surface area (Å²) in [5.41, 5.74) is 12.7. The number of amides is 1. The van der Waals surface area contributed by atoms with Gasteiger partial charge in [0.2, 0.25) is 5.91 Å². The van der Waals surface area contributed by atoms with Crippen LogP contribution in [0.15, 0.2) is 83.8 Å². The van der Waals surface area contributed by atoms with Crippen LogP contribution in [-0.4, -0.2) is 57.4 Å². The first-order valence-electron chi connectivity index (χ1n) is 14.8. The Morgan fingerprint density at radius 2 is 1.95 bits per heavy atom. The molecule has 4 N–H and O–H groups in total. The van der Waals surface area contributed by atoms with Crippen LogP contribution in [0.2, 0.25) is 0 Å². The topological polar surface area (TPSA) is 104 Å². The van der Waals surface area contributed by atoms with Crippen LogP contribution >= 0.6 is 0 Å². The highest BCUT2D eigenvalue weighted by Gasteiger charge is 2.32. The zero-order chi connectivity index (χ0) is 28.2. The molecular weight excluding hydrogens is 510 g/mol. The highest BCUT2D eigenvalue weighted by Crippen LogP contribution is 2.42. The minimum absolute atomic E-state index is 0.0152. The fraction of sp³-hybridized carbons (Fsp3) is 0.364. The average Bonchev–Trinajstić information content (AvgIpc) is 3.75. The van der Waals surface area contributed by atoms with E-state index in [-0.39, 0.29) is 18.0 Å². The maximum absolute atomic E-state index is 13.5. The Labute approximate surface area is 241 Å². The normalized spacial score (nSPS) is 18.1. The molecular formula is C33H39N7O. The zero-order valence-corrected chi connectivity index (χ0v) is 23.7. The Hall–Kier alpha value is -4.17. The van der Waals surface area contributed by atoms with Crippen molar-refractivity contribution in [1.29, 1.82) is 0 Å². The number of aromatic amines is 1. The lowest BCUT2D eigenvalue weighted by atomic mass is 9.86. The van der Waals surface area contributed by atoms with Gasteiger partial charge in [0.25, 0.3) is 0 Å². The first-order chi connectivity index (χ1) is 20.1. The van der Waals surface area contributed by atoms with E-state index >= 15 is 0 Å². The summed E-state index contributed by atoms with van der Waals surface area (Å²) in [6.45, 7) is 5.11. The summed E-state index contributed by atoms with van der Waals surface area (Å²) in [6, 6.07) is 19.0. The first-order valence-corrected chi connectivity index (χ1v) is 14.8. The molecule has 1 amide bonds. The highest BCUT2D eigenvalue weighted by molar-refractivity contribution is 5.92. The maximum atomic E-state index is 13.5. The van der Waals surface area contributed by atoms with E-state index in [1.54, 1.807) is 6.21 Å². The second-order valence-electron chi connectivity index (χ2n) is 11.1. The van der Waals surface area contributed by atoms with Gasteiger partial charge in [0, 0.05) is 55.1 Å². The van der Waals surface area contributed by atoms with Crippen molar-refractivity contribution in [3.8, 4) is 11.4 Å². The van der Waals surface area contributed by atoms with Gasteiger partial charge in [0.05, 0.1) is 29.3 Å². The largest absolute Gasteiger partial charge is 0.384 e. The molecule has 0 aliphatic carbocycles. The monoisotopic (exact) mass is 549 g/mol. The number of fused-ring (bicyclic) bond motifs is 1. The van der Waals surface area contributed by atoms with E-state index in [1.807, 2.05) is 30.6 Å². The molecule has 2 atom stereocenters. The predicted octanol–water partition coefficient (Wildman–Crippen LogP) is 5.04. The van der Waals surface area contributed by atoms with Crippen molar-refractivity contribution in [1.82, 2.24) is 24.8 Å². The van der Waals surface area contributed by atoms with Gasteiger partial charge in [-0.05, 0) is 73.6 Å². The van der Waals surface area contributed by atoms with Crippen LogP contribution in [0.25, 0.3) is 22.3 Å². The summed E-state index contributed by atoms with van der Waals surface area (Å²) < 4.78 is 2.41. The van der Waals surface area contributed by atoms with Crippen LogP contribution in [0.3, 0.4) is 0 Å². The van der Waals surface area contributed by atoms with Crippen LogP contribution in [0.4, 0.5) is 0 Å². The molecule has 5 heterocycles. The lowest BCUT2D eigenvalue weighted by Gasteiger charge is -2.34. The number of nitrogens with two attached hydrogens (primary N) is 1. The third-order valence-electron chi connectivity index (χ3n) is 8.52. The Bertz CT molecular complexity index is 1530. The van der Waals surface area contributed by atoms with Crippen LogP contribution in [0.1, 0.15) is 49.8 Å². The zero-order valence-electron chi connectivity index (χ0n) is 23.7. The summed E-state index contributed by atoms with van der Waals surface area (Å²) in [5.74, 6) is 0.661. The second-order valence-corrected chi connectivity index (χ2v) is 11.1. The number of piperidine rings is 1. The number of H-pyrrole nitrogens is 1. The molecule has 0 radical (unpaired) electrons. The molecule has 3 aromatic heterocycles. The number of rotatable bonds is 10. The van der Waals surface area contributed by atoms with E-state index in [4.69, 9.17) is 5.73 Å². The van der Waals surface area contributed by atoms with Crippen molar-refractivity contribution in [2.24, 2.45) is 16.6 Å². The van der Waals surface area contributed by atoms with E-state index in [0.29, 0.717) is 12.5 Å². The molecule has 0 saturated carbocycles. The van der Waals surface area contributed by atoms with Gasteiger partial charge in [-0.15, -0.1) is 0 Å². The van der Waals surface area contributed by atoms with Gasteiger partial charge in [0.1, 0.15) is 6.17 Å². The third-order valence-corrected chi connectivity index (χ3v) is 8.52. The summed E-state index contributed by atoms with van der Waals surface area (Å²) in [5, 5.41) is 4.66. The SMILES string of the molecule is CCC(CCNC1=CC(N)N=C1)C(=O)N1CCC(c2c(-c3ccc[nH]3)n(Cc3ccccn3)c3ccccc23)CC1. The molecule has 1 saturated heterocycles. The molecule has 212 valence electrons. The first kappa shape index (κ1) is 27.0. The molecule has 1 aromatic carbocycles. The molecule has 0 spiro atoms. The standard InChI is InChI=1S/C33H39N7O/c1-2-23(12-17-36-26-20-30(34)38-21-26)33(41)39-18-13-24(14-19-39)31-27-9-3-4-11-29(27)40(22-25-8-5-6-15-35-25)32(31)28-10-7-16-37-28/h3-11,15-16,20-21,23-24,30,36-37H,2,12-14,17-19,22,34H2,1H3. The molecule has 2 aliphatic rings. The van der Waals surface area contributed by atoms with Gasteiger partial charge in [-0.1, -0.05) is 31.2 Å². The molecule has 8 nitrogen and oxygen atoms in total. The lowest BCUT2D eigenvalue weighted by molar-refractivity contribution is -0.136. The van der Waals surface area contributed by atoms with Crippen molar-refractivity contribution < 1.29 is 4.79 Å². The lowest BCUT2D eigenvalue weighted by Crippen LogP contribution is -2.42. The van der Waals surface area contributed by atoms with Crippen molar-refractivity contribution in [3.63, 3.8) is 0 Å². The summed E-state index contributed by atoms with van der Waals surface area (Å²) in [4.78, 5) is 27.9. The van der Waals surface area contributed by atoms with Crippen LogP contribution in [0.5, 0.6) is 0 Å². The molecule has 1 fully saturated rings. The van der Waals surface area contributed by atoms with Gasteiger partial charge >= 0.3 is 0 Å². The number of aliphatic imine (C=N–C) groups is 1. The molecule has 0 bridgehead atoms. The van der Waals surface area contributed by atoms with Crippen LogP contribution in [0, 0.1) is 5.92 Å². The van der Waals surface area contributed by atoms with Crippen molar-refractivity contribution in [2.45, 2.75) is 51.2 Å². The quantitative estimate of drug-likeness (QED) is 0.258. The Morgan fingerprint density at radius 1 is 1.12 bits per heavy atom. The highest BCUT2D eigenvalue weighted by atomic mass is 16.2. The van der Waals surface area contributed by atoms with Crippen LogP contribution in [-0.2, 0) is 11.3 Å². The minimum Gasteiger partial charge on any atom is -0.384 e. The van der Waals surface area contributed by atoms with E-state index < -0.39 is 0 Å². The van der Waals surface area contributed by atoms with Gasteiger partial charge in [-0.25, -0.2) is 0 Å². The summed E-state index contributed by atoms with van der Waals surface area (Å²) >= 11 is 0. The number of hydrogen-bond donors (Lipinski definition) is 3. The number of benzene rings is 1. The molecule has 8 heteroatoms. The maximum Gasteiger partial charge on any atom is 0.225 e. The number of aromatic nitrogens is 3. The number of hydrogen-bond acceptors (Lipinski definition) is 5. The third kappa shape index (κ3) is 5.70. The summed E-state index contributed by atoms with van der Waals surface area (Å²) in [6.07, 6.45) is 10.8. The Kier molecular flexibility index (Phi) is 8.00. The second kappa shape index (κ2) is 12.1. The van der Waals surface area contributed by atoms with Crippen molar-refractivity contribution in [3.05, 3.63) is 90.0 Å². The van der Waals surface area contributed by atoms with E-state index in [0.717, 1.165) is 62.4 Å². The molecule has 41 heavy (non-hydrogen) atoms. The number of allylic oxidation sites excluding steroid dienone is 1. The molecule has 6 rings (SSSR count). The smallest absolute Gasteiger partial charge is 0.225 e.